The summed E-state index contributed by atoms with van der Waals surface area (Å²) >= 11 is 0. The van der Waals surface area contributed by atoms with Crippen molar-refractivity contribution in [3.05, 3.63) is 65.2 Å². The van der Waals surface area contributed by atoms with E-state index in [1.807, 2.05) is 37.3 Å². The Hall–Kier alpha value is -2.29. The van der Waals surface area contributed by atoms with Crippen LogP contribution in [0.2, 0.25) is 0 Å². The molecular weight excluding hydrogens is 240 g/mol. The zero-order valence-corrected chi connectivity index (χ0v) is 10.8. The molecule has 19 heavy (non-hydrogen) atoms. The van der Waals surface area contributed by atoms with Gasteiger partial charge in [0.1, 0.15) is 5.75 Å². The fraction of sp³-hybridized carbons (Fsp3) is 0.188. The Bertz CT molecular complexity index is 558. The van der Waals surface area contributed by atoms with E-state index in [1.165, 1.54) is 0 Å². The Balaban J connectivity index is 2.12. The van der Waals surface area contributed by atoms with Gasteiger partial charge in [0, 0.05) is 0 Å². The third-order valence-corrected chi connectivity index (χ3v) is 2.82. The molecular formula is C16H16O3. The Kier molecular flexibility index (Phi) is 4.18. The first kappa shape index (κ1) is 13.1. The molecule has 2 aromatic carbocycles. The van der Waals surface area contributed by atoms with Crippen molar-refractivity contribution in [2.75, 3.05) is 6.61 Å². The average molecular weight is 256 g/mol. The number of carboxylic acid groups (broad SMARTS) is 1. The number of aromatic carboxylic acids is 1. The second kappa shape index (κ2) is 6.05. The van der Waals surface area contributed by atoms with Crippen molar-refractivity contribution in [1.82, 2.24) is 0 Å². The molecule has 0 atom stereocenters. The highest BCUT2D eigenvalue weighted by Gasteiger charge is 2.04. The summed E-state index contributed by atoms with van der Waals surface area (Å²) < 4.78 is 5.38. The summed E-state index contributed by atoms with van der Waals surface area (Å²) in [5, 5.41) is 8.95. The first-order chi connectivity index (χ1) is 9.19. The highest BCUT2D eigenvalue weighted by molar-refractivity contribution is 5.87. The first-order valence-electron chi connectivity index (χ1n) is 6.23. The SMILES string of the molecule is CCOc1ccc(Cc2cccc(C(=O)O)c2)cc1. The number of benzene rings is 2. The second-order valence-corrected chi connectivity index (χ2v) is 4.26. The molecule has 0 fully saturated rings. The predicted octanol–water partition coefficient (Wildman–Crippen LogP) is 3.37. The Morgan fingerprint density at radius 2 is 1.84 bits per heavy atom. The molecule has 0 radical (unpaired) electrons. The zero-order chi connectivity index (χ0) is 13.7. The van der Waals surface area contributed by atoms with E-state index in [1.54, 1.807) is 18.2 Å². The van der Waals surface area contributed by atoms with Gasteiger partial charge in [0.15, 0.2) is 0 Å². The Labute approximate surface area is 112 Å². The van der Waals surface area contributed by atoms with Gasteiger partial charge in [-0.3, -0.25) is 0 Å². The highest BCUT2D eigenvalue weighted by atomic mass is 16.5. The summed E-state index contributed by atoms with van der Waals surface area (Å²) in [6, 6.07) is 14.9. The highest BCUT2D eigenvalue weighted by Crippen LogP contribution is 2.16. The molecule has 2 aromatic rings. The molecule has 2 rings (SSSR count). The quantitative estimate of drug-likeness (QED) is 0.892. The van der Waals surface area contributed by atoms with E-state index in [0.29, 0.717) is 18.6 Å². The van der Waals surface area contributed by atoms with Gasteiger partial charge in [-0.1, -0.05) is 24.3 Å². The van der Waals surface area contributed by atoms with Gasteiger partial charge in [-0.05, 0) is 48.7 Å². The number of rotatable bonds is 5. The van der Waals surface area contributed by atoms with Crippen molar-refractivity contribution in [2.24, 2.45) is 0 Å². The summed E-state index contributed by atoms with van der Waals surface area (Å²) in [6.07, 6.45) is 0.716. The molecule has 3 nitrogen and oxygen atoms in total. The topological polar surface area (TPSA) is 46.5 Å². The van der Waals surface area contributed by atoms with E-state index in [4.69, 9.17) is 9.84 Å². The average Bonchev–Trinajstić information content (AvgIpc) is 2.42. The van der Waals surface area contributed by atoms with Crippen LogP contribution >= 0.6 is 0 Å². The molecule has 0 unspecified atom stereocenters. The van der Waals surface area contributed by atoms with Crippen molar-refractivity contribution in [2.45, 2.75) is 13.3 Å². The van der Waals surface area contributed by atoms with Crippen molar-refractivity contribution >= 4 is 5.97 Å². The van der Waals surface area contributed by atoms with Gasteiger partial charge in [0.05, 0.1) is 12.2 Å². The van der Waals surface area contributed by atoms with Crippen LogP contribution in [-0.2, 0) is 6.42 Å². The largest absolute Gasteiger partial charge is 0.494 e. The van der Waals surface area contributed by atoms with Crippen molar-refractivity contribution < 1.29 is 14.6 Å². The van der Waals surface area contributed by atoms with Gasteiger partial charge in [0.25, 0.3) is 0 Å². The summed E-state index contributed by atoms with van der Waals surface area (Å²) in [4.78, 5) is 10.9. The van der Waals surface area contributed by atoms with Crippen LogP contribution in [-0.4, -0.2) is 17.7 Å². The lowest BCUT2D eigenvalue weighted by molar-refractivity contribution is 0.0697. The van der Waals surface area contributed by atoms with Crippen LogP contribution in [0.15, 0.2) is 48.5 Å². The smallest absolute Gasteiger partial charge is 0.335 e. The molecule has 0 saturated carbocycles. The lowest BCUT2D eigenvalue weighted by Crippen LogP contribution is -1.98. The van der Waals surface area contributed by atoms with E-state index in [9.17, 15) is 4.79 Å². The molecule has 0 aliphatic rings. The number of hydrogen-bond acceptors (Lipinski definition) is 2. The monoisotopic (exact) mass is 256 g/mol. The molecule has 1 N–H and O–H groups in total. The van der Waals surface area contributed by atoms with Gasteiger partial charge >= 0.3 is 5.97 Å². The van der Waals surface area contributed by atoms with E-state index in [-0.39, 0.29) is 0 Å². The van der Waals surface area contributed by atoms with Crippen LogP contribution in [0.3, 0.4) is 0 Å². The van der Waals surface area contributed by atoms with E-state index in [2.05, 4.69) is 0 Å². The van der Waals surface area contributed by atoms with Crippen LogP contribution in [0.4, 0.5) is 0 Å². The molecule has 0 heterocycles. The molecule has 0 aromatic heterocycles. The minimum Gasteiger partial charge on any atom is -0.494 e. The van der Waals surface area contributed by atoms with Crippen LogP contribution in [0, 0.1) is 0 Å². The van der Waals surface area contributed by atoms with Gasteiger partial charge in [-0.25, -0.2) is 4.79 Å². The fourth-order valence-electron chi connectivity index (χ4n) is 1.92. The normalized spacial score (nSPS) is 10.2. The predicted molar refractivity (Wildman–Crippen MR) is 73.8 cm³/mol. The third-order valence-electron chi connectivity index (χ3n) is 2.82. The molecule has 0 saturated heterocycles. The lowest BCUT2D eigenvalue weighted by atomic mass is 10.0. The van der Waals surface area contributed by atoms with Crippen LogP contribution in [0.5, 0.6) is 5.75 Å². The third kappa shape index (κ3) is 3.58. The van der Waals surface area contributed by atoms with Gasteiger partial charge in [-0.15, -0.1) is 0 Å². The lowest BCUT2D eigenvalue weighted by Gasteiger charge is -2.06. The Morgan fingerprint density at radius 3 is 2.47 bits per heavy atom. The van der Waals surface area contributed by atoms with Crippen LogP contribution < -0.4 is 4.74 Å². The second-order valence-electron chi connectivity index (χ2n) is 4.26. The van der Waals surface area contributed by atoms with E-state index in [0.717, 1.165) is 16.9 Å². The molecule has 3 heteroatoms. The molecule has 0 aliphatic carbocycles. The summed E-state index contributed by atoms with van der Waals surface area (Å²) in [7, 11) is 0. The zero-order valence-electron chi connectivity index (χ0n) is 10.8. The standard InChI is InChI=1S/C16H16O3/c1-2-19-15-8-6-12(7-9-15)10-13-4-3-5-14(11-13)16(17)18/h3-9,11H,2,10H2,1H3,(H,17,18). The maximum Gasteiger partial charge on any atom is 0.335 e. The van der Waals surface area contributed by atoms with Crippen molar-refractivity contribution in [3.63, 3.8) is 0 Å². The van der Waals surface area contributed by atoms with Gasteiger partial charge in [0.2, 0.25) is 0 Å². The van der Waals surface area contributed by atoms with Gasteiger partial charge < -0.3 is 9.84 Å². The van der Waals surface area contributed by atoms with Crippen molar-refractivity contribution in [3.8, 4) is 5.75 Å². The first-order valence-corrected chi connectivity index (χ1v) is 6.23. The fourth-order valence-corrected chi connectivity index (χ4v) is 1.92. The Morgan fingerprint density at radius 1 is 1.11 bits per heavy atom. The molecule has 0 spiro atoms. The number of carboxylic acids is 1. The number of hydrogen-bond donors (Lipinski definition) is 1. The summed E-state index contributed by atoms with van der Waals surface area (Å²) in [5.74, 6) is -0.0425. The molecule has 0 amide bonds. The number of ether oxygens (including phenoxy) is 1. The summed E-state index contributed by atoms with van der Waals surface area (Å²) in [5.41, 5.74) is 2.44. The van der Waals surface area contributed by atoms with E-state index < -0.39 is 5.97 Å². The van der Waals surface area contributed by atoms with Crippen LogP contribution in [0.1, 0.15) is 28.4 Å². The van der Waals surface area contributed by atoms with E-state index >= 15 is 0 Å². The van der Waals surface area contributed by atoms with Crippen molar-refractivity contribution in [1.29, 1.82) is 0 Å². The minimum atomic E-state index is -0.895. The molecule has 0 bridgehead atoms. The maximum absolute atomic E-state index is 10.9. The maximum atomic E-state index is 10.9. The number of carbonyl (C=O) groups is 1. The van der Waals surface area contributed by atoms with Crippen LogP contribution in [0.25, 0.3) is 0 Å². The minimum absolute atomic E-state index is 0.323. The summed E-state index contributed by atoms with van der Waals surface area (Å²) in [6.45, 7) is 2.60. The van der Waals surface area contributed by atoms with Gasteiger partial charge in [-0.2, -0.15) is 0 Å². The molecule has 0 aliphatic heterocycles. The molecule has 98 valence electrons.